The second kappa shape index (κ2) is 13.9. The topological polar surface area (TPSA) is 25.8 Å². The van der Waals surface area contributed by atoms with E-state index in [4.69, 9.17) is 9.97 Å². The summed E-state index contributed by atoms with van der Waals surface area (Å²) < 4.78 is 0. The minimum Gasteiger partial charge on any atom is -0.228 e. The lowest BCUT2D eigenvalue weighted by Crippen LogP contribution is -2.14. The lowest BCUT2D eigenvalue weighted by Gasteiger charge is -2.22. The third-order valence-corrected chi connectivity index (χ3v) is 12.3. The average molecular weight is 753 g/mol. The molecule has 0 amide bonds. The molecule has 1 aliphatic rings. The summed E-state index contributed by atoms with van der Waals surface area (Å²) in [5, 5.41) is 4.86. The molecule has 0 aliphatic heterocycles. The van der Waals surface area contributed by atoms with Gasteiger partial charge < -0.3 is 0 Å². The molecule has 0 saturated heterocycles. The molecular formula is C57H40N2. The summed E-state index contributed by atoms with van der Waals surface area (Å²) in [4.78, 5) is 10.6. The molecule has 0 spiro atoms. The largest absolute Gasteiger partial charge is 0.228 e. The summed E-state index contributed by atoms with van der Waals surface area (Å²) in [5.74, 6) is 0.704. The molecule has 0 fully saturated rings. The first kappa shape index (κ1) is 34.8. The Morgan fingerprint density at radius 2 is 0.864 bits per heavy atom. The van der Waals surface area contributed by atoms with E-state index in [2.05, 4.69) is 214 Å². The minimum absolute atomic E-state index is 0.0634. The Bertz CT molecular complexity index is 3230. The monoisotopic (exact) mass is 752 g/mol. The van der Waals surface area contributed by atoms with E-state index in [1.807, 2.05) is 6.07 Å². The molecule has 1 aromatic heterocycles. The van der Waals surface area contributed by atoms with Gasteiger partial charge in [0.15, 0.2) is 5.82 Å². The Labute approximate surface area is 345 Å². The molecule has 2 nitrogen and oxygen atoms in total. The summed E-state index contributed by atoms with van der Waals surface area (Å²) in [6.45, 7) is 4.71. The molecule has 11 rings (SSSR count). The highest BCUT2D eigenvalue weighted by molar-refractivity contribution is 6.05. The molecule has 1 heterocycles. The maximum Gasteiger partial charge on any atom is 0.161 e. The molecule has 10 aromatic rings. The van der Waals surface area contributed by atoms with Crippen LogP contribution in [0.2, 0.25) is 0 Å². The maximum absolute atomic E-state index is 5.35. The van der Waals surface area contributed by atoms with E-state index < -0.39 is 0 Å². The number of benzene rings is 9. The molecule has 2 heteroatoms. The Morgan fingerprint density at radius 1 is 0.305 bits per heavy atom. The Morgan fingerprint density at radius 3 is 1.64 bits per heavy atom. The van der Waals surface area contributed by atoms with E-state index >= 15 is 0 Å². The van der Waals surface area contributed by atoms with E-state index in [1.54, 1.807) is 0 Å². The molecule has 0 atom stereocenters. The van der Waals surface area contributed by atoms with Gasteiger partial charge in [-0.2, -0.15) is 0 Å². The number of rotatable bonds is 6. The zero-order chi connectivity index (χ0) is 39.5. The van der Waals surface area contributed by atoms with Gasteiger partial charge in [0.25, 0.3) is 0 Å². The van der Waals surface area contributed by atoms with E-state index in [9.17, 15) is 0 Å². The molecule has 0 bridgehead atoms. The molecule has 9 aromatic carbocycles. The second-order valence-corrected chi connectivity index (χ2v) is 16.2. The quantitative estimate of drug-likeness (QED) is 0.169. The summed E-state index contributed by atoms with van der Waals surface area (Å²) >= 11 is 0. The van der Waals surface area contributed by atoms with Gasteiger partial charge in [-0.1, -0.05) is 184 Å². The third kappa shape index (κ3) is 5.96. The van der Waals surface area contributed by atoms with Crippen molar-refractivity contribution in [1.29, 1.82) is 0 Å². The van der Waals surface area contributed by atoms with Crippen LogP contribution in [-0.4, -0.2) is 9.97 Å². The lowest BCUT2D eigenvalue weighted by atomic mass is 9.81. The van der Waals surface area contributed by atoms with Crippen molar-refractivity contribution in [2.75, 3.05) is 0 Å². The minimum atomic E-state index is -0.0634. The highest BCUT2D eigenvalue weighted by Gasteiger charge is 2.35. The molecule has 0 saturated carbocycles. The van der Waals surface area contributed by atoms with Crippen LogP contribution in [0, 0.1) is 0 Å². The van der Waals surface area contributed by atoms with Crippen molar-refractivity contribution in [2.45, 2.75) is 19.3 Å². The third-order valence-electron chi connectivity index (χ3n) is 12.3. The fourth-order valence-electron chi connectivity index (χ4n) is 9.27. The Kier molecular flexibility index (Phi) is 8.20. The molecule has 0 N–H and O–H groups in total. The second-order valence-electron chi connectivity index (χ2n) is 16.2. The van der Waals surface area contributed by atoms with Gasteiger partial charge in [-0.25, -0.2) is 9.97 Å². The lowest BCUT2D eigenvalue weighted by molar-refractivity contribution is 0.661. The van der Waals surface area contributed by atoms with Gasteiger partial charge in [-0.15, -0.1) is 0 Å². The first-order valence-corrected chi connectivity index (χ1v) is 20.4. The number of hydrogen-bond acceptors (Lipinski definition) is 2. The SMILES string of the molecule is CC1(C)c2ccc(-c3cccc(-c4ccc(-c5nc(-c6ccccc6)cc(-c6ccccc6-c6ccccc6)n5)c5ccccc45)c3)cc2-c2cc3ccccc3cc21. The first-order valence-electron chi connectivity index (χ1n) is 20.4. The highest BCUT2D eigenvalue weighted by Crippen LogP contribution is 2.51. The van der Waals surface area contributed by atoms with Gasteiger partial charge in [-0.05, 0) is 114 Å². The van der Waals surface area contributed by atoms with Crippen LogP contribution in [-0.2, 0) is 5.41 Å². The van der Waals surface area contributed by atoms with Crippen LogP contribution in [0.15, 0.2) is 206 Å². The standard InChI is InChI=1S/C57H40N2/c1-57(2)52-31-28-42(34-50(52)51-33-40-20-9-10-21-41(40)35-53(51)57)39-22-15-23-43(32-39)45-29-30-49(47-26-13-12-25-46(45)47)56-58-54(38-18-7-4-8-19-38)36-55(59-56)48-27-14-11-24-44(48)37-16-5-3-6-17-37/h3-36H,1-2H3. The zero-order valence-corrected chi connectivity index (χ0v) is 33.0. The summed E-state index contributed by atoms with van der Waals surface area (Å²) in [6.07, 6.45) is 0. The maximum atomic E-state index is 5.35. The smallest absolute Gasteiger partial charge is 0.161 e. The van der Waals surface area contributed by atoms with Crippen LogP contribution >= 0.6 is 0 Å². The van der Waals surface area contributed by atoms with E-state index in [0.717, 1.165) is 44.6 Å². The van der Waals surface area contributed by atoms with Crippen LogP contribution < -0.4 is 0 Å². The van der Waals surface area contributed by atoms with Crippen LogP contribution in [0.25, 0.3) is 100.0 Å². The molecule has 1 aliphatic carbocycles. The van der Waals surface area contributed by atoms with Crippen molar-refractivity contribution in [1.82, 2.24) is 9.97 Å². The van der Waals surface area contributed by atoms with Crippen LogP contribution in [0.1, 0.15) is 25.0 Å². The van der Waals surface area contributed by atoms with Gasteiger partial charge in [-0.3, -0.25) is 0 Å². The van der Waals surface area contributed by atoms with Gasteiger partial charge in [0, 0.05) is 22.1 Å². The van der Waals surface area contributed by atoms with E-state index in [1.165, 1.54) is 60.7 Å². The summed E-state index contributed by atoms with van der Waals surface area (Å²) in [5.41, 5.74) is 17.4. The van der Waals surface area contributed by atoms with E-state index in [-0.39, 0.29) is 5.41 Å². The van der Waals surface area contributed by atoms with Gasteiger partial charge in [0.1, 0.15) is 0 Å². The highest BCUT2D eigenvalue weighted by atomic mass is 14.9. The van der Waals surface area contributed by atoms with Crippen molar-refractivity contribution < 1.29 is 0 Å². The Hall–Kier alpha value is -7.42. The number of aromatic nitrogens is 2. The summed E-state index contributed by atoms with van der Waals surface area (Å²) in [6, 6.07) is 74.3. The number of hydrogen-bond donors (Lipinski definition) is 0. The van der Waals surface area contributed by atoms with Crippen molar-refractivity contribution in [2.24, 2.45) is 0 Å². The first-order chi connectivity index (χ1) is 29.0. The summed E-state index contributed by atoms with van der Waals surface area (Å²) in [7, 11) is 0. The normalized spacial score (nSPS) is 12.7. The zero-order valence-electron chi connectivity index (χ0n) is 33.0. The van der Waals surface area contributed by atoms with E-state index in [0.29, 0.717) is 5.82 Å². The van der Waals surface area contributed by atoms with Gasteiger partial charge >= 0.3 is 0 Å². The van der Waals surface area contributed by atoms with Crippen LogP contribution in [0.3, 0.4) is 0 Å². The molecule has 0 radical (unpaired) electrons. The predicted octanol–water partition coefficient (Wildman–Crippen LogP) is 15.1. The van der Waals surface area contributed by atoms with Crippen LogP contribution in [0.5, 0.6) is 0 Å². The van der Waals surface area contributed by atoms with Crippen LogP contribution in [0.4, 0.5) is 0 Å². The fraction of sp³-hybridized carbons (Fsp3) is 0.0526. The molecule has 0 unspecified atom stereocenters. The van der Waals surface area contributed by atoms with Crippen molar-refractivity contribution in [3.8, 4) is 78.4 Å². The van der Waals surface area contributed by atoms with Gasteiger partial charge in [0.2, 0.25) is 0 Å². The van der Waals surface area contributed by atoms with Gasteiger partial charge in [0.05, 0.1) is 11.4 Å². The fourth-order valence-corrected chi connectivity index (χ4v) is 9.27. The number of fused-ring (bicyclic) bond motifs is 5. The molecule has 278 valence electrons. The van der Waals surface area contributed by atoms with Crippen molar-refractivity contribution >= 4 is 21.5 Å². The predicted molar refractivity (Wildman–Crippen MR) is 247 cm³/mol. The Balaban J connectivity index is 1.03. The van der Waals surface area contributed by atoms with Crippen molar-refractivity contribution in [3.05, 3.63) is 217 Å². The number of nitrogens with zero attached hydrogens (tertiary/aromatic N) is 2. The molecular weight excluding hydrogens is 713 g/mol. The van der Waals surface area contributed by atoms with Crippen molar-refractivity contribution in [3.63, 3.8) is 0 Å². The average Bonchev–Trinajstić information content (AvgIpc) is 3.52. The molecule has 59 heavy (non-hydrogen) atoms.